The molecular weight excluding hydrogens is 176 g/mol. The summed E-state index contributed by atoms with van der Waals surface area (Å²) >= 11 is 0. The number of nitriles is 1. The zero-order valence-corrected chi connectivity index (χ0v) is 8.41. The van der Waals surface area contributed by atoms with E-state index < -0.39 is 6.23 Å². The molecule has 0 amide bonds. The summed E-state index contributed by atoms with van der Waals surface area (Å²) in [4.78, 5) is 0. The summed E-state index contributed by atoms with van der Waals surface area (Å²) in [7, 11) is 0. The first-order valence-electron chi connectivity index (χ1n) is 4.65. The summed E-state index contributed by atoms with van der Waals surface area (Å²) in [5.74, 6) is 0. The van der Waals surface area contributed by atoms with Gasteiger partial charge < -0.3 is 10.4 Å². The maximum Gasteiger partial charge on any atom is 0.121 e. The molecule has 0 fully saturated rings. The van der Waals surface area contributed by atoms with Crippen LogP contribution in [0.15, 0.2) is 18.2 Å². The lowest BCUT2D eigenvalue weighted by Crippen LogP contribution is -2.14. The van der Waals surface area contributed by atoms with Crippen LogP contribution in [-0.2, 0) is 6.42 Å². The summed E-state index contributed by atoms with van der Waals surface area (Å²) < 4.78 is 0. The number of nitrogens with zero attached hydrogens (tertiary/aromatic N) is 1. The molecule has 0 aliphatic heterocycles. The Kier molecular flexibility index (Phi) is 3.49. The number of aryl methyl sites for hydroxylation is 1. The van der Waals surface area contributed by atoms with E-state index in [1.54, 1.807) is 13.0 Å². The zero-order valence-electron chi connectivity index (χ0n) is 8.41. The van der Waals surface area contributed by atoms with Gasteiger partial charge in [0.25, 0.3) is 0 Å². The Labute approximate surface area is 84.0 Å². The second-order valence-corrected chi connectivity index (χ2v) is 3.16. The Bertz CT molecular complexity index is 353. The first-order chi connectivity index (χ1) is 6.67. The van der Waals surface area contributed by atoms with Crippen molar-refractivity contribution in [3.8, 4) is 6.07 Å². The average Bonchev–Trinajstić information content (AvgIpc) is 2.17. The van der Waals surface area contributed by atoms with Gasteiger partial charge in [0, 0.05) is 5.69 Å². The van der Waals surface area contributed by atoms with Crippen molar-refractivity contribution >= 4 is 5.69 Å². The third kappa shape index (κ3) is 2.48. The Morgan fingerprint density at radius 3 is 2.79 bits per heavy atom. The summed E-state index contributed by atoms with van der Waals surface area (Å²) in [6.45, 7) is 3.68. The molecule has 0 aromatic heterocycles. The molecule has 1 aromatic carbocycles. The van der Waals surface area contributed by atoms with Crippen molar-refractivity contribution in [1.29, 1.82) is 5.26 Å². The number of nitrogens with one attached hydrogen (secondary N) is 1. The summed E-state index contributed by atoms with van der Waals surface area (Å²) in [6, 6.07) is 7.49. The van der Waals surface area contributed by atoms with Crippen LogP contribution >= 0.6 is 0 Å². The molecule has 3 heteroatoms. The summed E-state index contributed by atoms with van der Waals surface area (Å²) in [5, 5.41) is 20.8. The third-order valence-corrected chi connectivity index (χ3v) is 1.98. The molecule has 0 spiro atoms. The van der Waals surface area contributed by atoms with E-state index in [2.05, 4.69) is 11.4 Å². The Balaban J connectivity index is 3.00. The second-order valence-electron chi connectivity index (χ2n) is 3.16. The molecule has 2 N–H and O–H groups in total. The van der Waals surface area contributed by atoms with E-state index in [0.717, 1.165) is 17.7 Å². The quantitative estimate of drug-likeness (QED) is 0.715. The topological polar surface area (TPSA) is 56.0 Å². The molecule has 1 aromatic rings. The minimum atomic E-state index is -0.576. The lowest BCUT2D eigenvalue weighted by Gasteiger charge is -2.13. The molecule has 1 atom stereocenters. The van der Waals surface area contributed by atoms with Crippen LogP contribution in [0, 0.1) is 11.3 Å². The highest BCUT2D eigenvalue weighted by Crippen LogP contribution is 2.18. The molecule has 14 heavy (non-hydrogen) atoms. The molecule has 0 saturated heterocycles. The maximum atomic E-state index is 9.18. The van der Waals surface area contributed by atoms with Gasteiger partial charge in [-0.15, -0.1) is 0 Å². The summed E-state index contributed by atoms with van der Waals surface area (Å²) in [6.07, 6.45) is 0.262. The molecule has 0 bridgehead atoms. The van der Waals surface area contributed by atoms with Gasteiger partial charge in [-0.1, -0.05) is 6.92 Å². The number of aliphatic hydroxyl groups is 1. The SMILES string of the molecule is CCc1cc(C#N)ccc1NC(C)O. The van der Waals surface area contributed by atoms with Gasteiger partial charge in [-0.25, -0.2) is 0 Å². The van der Waals surface area contributed by atoms with Gasteiger partial charge in [-0.05, 0) is 37.1 Å². The first-order valence-corrected chi connectivity index (χ1v) is 4.65. The molecule has 3 nitrogen and oxygen atoms in total. The minimum Gasteiger partial charge on any atom is -0.374 e. The largest absolute Gasteiger partial charge is 0.374 e. The first kappa shape index (κ1) is 10.6. The van der Waals surface area contributed by atoms with Crippen molar-refractivity contribution < 1.29 is 5.11 Å². The van der Waals surface area contributed by atoms with E-state index in [-0.39, 0.29) is 0 Å². The molecule has 1 rings (SSSR count). The average molecular weight is 190 g/mol. The van der Waals surface area contributed by atoms with Gasteiger partial charge >= 0.3 is 0 Å². The normalized spacial score (nSPS) is 11.9. The molecule has 0 heterocycles. The third-order valence-electron chi connectivity index (χ3n) is 1.98. The number of aliphatic hydroxyl groups excluding tert-OH is 1. The van der Waals surface area contributed by atoms with Crippen molar-refractivity contribution in [2.45, 2.75) is 26.5 Å². The van der Waals surface area contributed by atoms with Crippen LogP contribution in [0.25, 0.3) is 0 Å². The predicted octanol–water partition coefficient (Wildman–Crippen LogP) is 1.87. The van der Waals surface area contributed by atoms with Crippen LogP contribution in [0.4, 0.5) is 5.69 Å². The number of benzene rings is 1. The summed E-state index contributed by atoms with van der Waals surface area (Å²) in [5.41, 5.74) is 2.59. The van der Waals surface area contributed by atoms with Gasteiger partial charge in [-0.2, -0.15) is 5.26 Å². The Morgan fingerprint density at radius 2 is 2.29 bits per heavy atom. The van der Waals surface area contributed by atoms with Crippen LogP contribution in [-0.4, -0.2) is 11.3 Å². The van der Waals surface area contributed by atoms with Gasteiger partial charge in [0.1, 0.15) is 6.23 Å². The fraction of sp³-hybridized carbons (Fsp3) is 0.364. The van der Waals surface area contributed by atoms with Crippen LogP contribution in [0.3, 0.4) is 0 Å². The van der Waals surface area contributed by atoms with Gasteiger partial charge in [0.15, 0.2) is 0 Å². The van der Waals surface area contributed by atoms with E-state index in [1.165, 1.54) is 0 Å². The lowest BCUT2D eigenvalue weighted by molar-refractivity contribution is 0.224. The molecule has 0 aliphatic carbocycles. The highest BCUT2D eigenvalue weighted by Gasteiger charge is 2.03. The molecule has 0 aliphatic rings. The molecule has 74 valence electrons. The number of hydrogen-bond acceptors (Lipinski definition) is 3. The van der Waals surface area contributed by atoms with Crippen molar-refractivity contribution in [3.63, 3.8) is 0 Å². The van der Waals surface area contributed by atoms with Crippen molar-refractivity contribution in [2.24, 2.45) is 0 Å². The van der Waals surface area contributed by atoms with Crippen molar-refractivity contribution in [1.82, 2.24) is 0 Å². The number of rotatable bonds is 3. The highest BCUT2D eigenvalue weighted by molar-refractivity contribution is 5.54. The van der Waals surface area contributed by atoms with E-state index >= 15 is 0 Å². The highest BCUT2D eigenvalue weighted by atomic mass is 16.3. The van der Waals surface area contributed by atoms with Crippen LogP contribution in [0.2, 0.25) is 0 Å². The van der Waals surface area contributed by atoms with E-state index in [0.29, 0.717) is 5.56 Å². The van der Waals surface area contributed by atoms with Crippen LogP contribution < -0.4 is 5.32 Å². The molecular formula is C11H14N2O. The Morgan fingerprint density at radius 1 is 1.57 bits per heavy atom. The van der Waals surface area contributed by atoms with Gasteiger partial charge in [0.05, 0.1) is 11.6 Å². The van der Waals surface area contributed by atoms with Crippen molar-refractivity contribution in [2.75, 3.05) is 5.32 Å². The maximum absolute atomic E-state index is 9.18. The molecule has 1 unspecified atom stereocenters. The number of hydrogen-bond donors (Lipinski definition) is 2. The van der Waals surface area contributed by atoms with Crippen LogP contribution in [0.5, 0.6) is 0 Å². The van der Waals surface area contributed by atoms with E-state index in [9.17, 15) is 5.11 Å². The predicted molar refractivity (Wildman–Crippen MR) is 55.8 cm³/mol. The van der Waals surface area contributed by atoms with E-state index in [1.807, 2.05) is 19.1 Å². The number of anilines is 1. The minimum absolute atomic E-state index is 0.576. The van der Waals surface area contributed by atoms with Gasteiger partial charge in [0.2, 0.25) is 0 Å². The fourth-order valence-electron chi connectivity index (χ4n) is 1.32. The van der Waals surface area contributed by atoms with Crippen LogP contribution in [0.1, 0.15) is 25.0 Å². The Hall–Kier alpha value is -1.53. The standard InChI is InChI=1S/C11H14N2O/c1-3-10-6-9(7-12)4-5-11(10)13-8(2)14/h4-6,8,13-14H,3H2,1-2H3. The smallest absolute Gasteiger partial charge is 0.121 e. The van der Waals surface area contributed by atoms with Crippen molar-refractivity contribution in [3.05, 3.63) is 29.3 Å². The molecule has 0 saturated carbocycles. The molecule has 0 radical (unpaired) electrons. The van der Waals surface area contributed by atoms with E-state index in [4.69, 9.17) is 5.26 Å². The monoisotopic (exact) mass is 190 g/mol. The lowest BCUT2D eigenvalue weighted by atomic mass is 10.1. The second kappa shape index (κ2) is 4.64. The fourth-order valence-corrected chi connectivity index (χ4v) is 1.32. The van der Waals surface area contributed by atoms with Gasteiger partial charge in [-0.3, -0.25) is 0 Å². The zero-order chi connectivity index (χ0) is 10.6.